The van der Waals surface area contributed by atoms with Crippen LogP contribution in [0.1, 0.15) is 19.3 Å². The van der Waals surface area contributed by atoms with Crippen LogP contribution in [-0.2, 0) is 0 Å². The Kier molecular flexibility index (Phi) is 1.38. The van der Waals surface area contributed by atoms with Gasteiger partial charge < -0.3 is 5.11 Å². The van der Waals surface area contributed by atoms with Crippen LogP contribution in [0.5, 0.6) is 0 Å². The average molecular weight is 136 g/mol. The fraction of sp³-hybridized carbons (Fsp3) is 0.556. The van der Waals surface area contributed by atoms with Gasteiger partial charge in [-0.2, -0.15) is 0 Å². The van der Waals surface area contributed by atoms with Crippen molar-refractivity contribution in [3.8, 4) is 0 Å². The highest BCUT2D eigenvalue weighted by Gasteiger charge is 2.29. The Morgan fingerprint density at radius 2 is 2.40 bits per heavy atom. The van der Waals surface area contributed by atoms with E-state index in [-0.39, 0.29) is 6.10 Å². The third-order valence-electron chi connectivity index (χ3n) is 2.51. The Morgan fingerprint density at radius 1 is 1.50 bits per heavy atom. The van der Waals surface area contributed by atoms with Gasteiger partial charge in [-0.3, -0.25) is 0 Å². The molecule has 0 spiro atoms. The van der Waals surface area contributed by atoms with E-state index in [1.165, 1.54) is 5.57 Å². The molecule has 2 aliphatic rings. The third kappa shape index (κ3) is 0.816. The maximum absolute atomic E-state index is 9.45. The number of hydrogen-bond acceptors (Lipinski definition) is 1. The van der Waals surface area contributed by atoms with Gasteiger partial charge in [0, 0.05) is 5.92 Å². The molecule has 10 heavy (non-hydrogen) atoms. The fourth-order valence-electron chi connectivity index (χ4n) is 1.88. The van der Waals surface area contributed by atoms with Gasteiger partial charge in [0.25, 0.3) is 0 Å². The molecule has 2 atom stereocenters. The Bertz CT molecular complexity index is 191. The molecule has 0 radical (unpaired) electrons. The van der Waals surface area contributed by atoms with E-state index in [2.05, 4.69) is 18.2 Å². The summed E-state index contributed by atoms with van der Waals surface area (Å²) in [6, 6.07) is 0. The summed E-state index contributed by atoms with van der Waals surface area (Å²) in [6.45, 7) is 0. The zero-order valence-electron chi connectivity index (χ0n) is 5.96. The van der Waals surface area contributed by atoms with Gasteiger partial charge in [0.15, 0.2) is 0 Å². The topological polar surface area (TPSA) is 20.2 Å². The highest BCUT2D eigenvalue weighted by molar-refractivity contribution is 5.25. The van der Waals surface area contributed by atoms with Crippen LogP contribution in [-0.4, -0.2) is 11.2 Å². The lowest BCUT2D eigenvalue weighted by atomic mass is 9.93. The monoisotopic (exact) mass is 136 g/mol. The van der Waals surface area contributed by atoms with E-state index in [1.54, 1.807) is 0 Å². The number of fused-ring (bicyclic) bond motifs is 1. The first-order chi connectivity index (χ1) is 4.88. The smallest absolute Gasteiger partial charge is 0.0611 e. The summed E-state index contributed by atoms with van der Waals surface area (Å²) in [5.74, 6) is 0.463. The Labute approximate surface area is 61.1 Å². The summed E-state index contributed by atoms with van der Waals surface area (Å²) in [6.07, 6.45) is 9.47. The predicted molar refractivity (Wildman–Crippen MR) is 40.6 cm³/mol. The van der Waals surface area contributed by atoms with Crippen LogP contribution < -0.4 is 0 Å². The number of aliphatic hydroxyl groups excluding tert-OH is 1. The zero-order valence-corrected chi connectivity index (χ0v) is 5.96. The van der Waals surface area contributed by atoms with E-state index in [0.29, 0.717) is 5.92 Å². The van der Waals surface area contributed by atoms with Crippen molar-refractivity contribution in [1.29, 1.82) is 0 Å². The summed E-state index contributed by atoms with van der Waals surface area (Å²) in [4.78, 5) is 0. The quantitative estimate of drug-likeness (QED) is 0.536. The summed E-state index contributed by atoms with van der Waals surface area (Å²) in [7, 11) is 0. The molecule has 2 rings (SSSR count). The van der Waals surface area contributed by atoms with Crippen molar-refractivity contribution in [2.45, 2.75) is 25.4 Å². The fourth-order valence-corrected chi connectivity index (χ4v) is 1.88. The van der Waals surface area contributed by atoms with Crippen molar-refractivity contribution >= 4 is 0 Å². The molecule has 54 valence electrons. The molecular formula is C9H12O. The van der Waals surface area contributed by atoms with Crippen LogP contribution in [0.25, 0.3) is 0 Å². The first-order valence-corrected chi connectivity index (χ1v) is 3.91. The average Bonchev–Trinajstić information content (AvgIpc) is 2.34. The molecular weight excluding hydrogens is 124 g/mol. The zero-order chi connectivity index (χ0) is 6.97. The van der Waals surface area contributed by atoms with Gasteiger partial charge in [-0.25, -0.2) is 0 Å². The maximum Gasteiger partial charge on any atom is 0.0611 e. The number of hydrogen-bond donors (Lipinski definition) is 1. The van der Waals surface area contributed by atoms with Gasteiger partial charge >= 0.3 is 0 Å². The second kappa shape index (κ2) is 2.24. The van der Waals surface area contributed by atoms with E-state index >= 15 is 0 Å². The second-order valence-corrected chi connectivity index (χ2v) is 3.12. The summed E-state index contributed by atoms with van der Waals surface area (Å²) < 4.78 is 0. The molecule has 0 aromatic carbocycles. The molecule has 1 saturated carbocycles. The number of rotatable bonds is 0. The van der Waals surface area contributed by atoms with Gasteiger partial charge in [0.1, 0.15) is 0 Å². The van der Waals surface area contributed by atoms with E-state index in [9.17, 15) is 5.11 Å². The van der Waals surface area contributed by atoms with E-state index in [0.717, 1.165) is 19.3 Å². The molecule has 1 nitrogen and oxygen atoms in total. The molecule has 0 aromatic rings. The molecule has 0 saturated heterocycles. The van der Waals surface area contributed by atoms with E-state index < -0.39 is 0 Å². The minimum Gasteiger partial charge on any atom is -0.392 e. The van der Waals surface area contributed by atoms with E-state index in [1.807, 2.05) is 0 Å². The van der Waals surface area contributed by atoms with Gasteiger partial charge in [-0.1, -0.05) is 23.8 Å². The first kappa shape index (κ1) is 6.17. The van der Waals surface area contributed by atoms with E-state index in [4.69, 9.17) is 0 Å². The molecule has 0 aliphatic heterocycles. The van der Waals surface area contributed by atoms with Crippen molar-refractivity contribution in [3.05, 3.63) is 23.8 Å². The lowest BCUT2D eigenvalue weighted by Crippen LogP contribution is -2.14. The van der Waals surface area contributed by atoms with Crippen molar-refractivity contribution in [2.75, 3.05) is 0 Å². The van der Waals surface area contributed by atoms with Gasteiger partial charge in [0.2, 0.25) is 0 Å². The molecule has 0 heterocycles. The first-order valence-electron chi connectivity index (χ1n) is 3.91. The molecule has 1 N–H and O–H groups in total. The van der Waals surface area contributed by atoms with Gasteiger partial charge in [-0.15, -0.1) is 0 Å². The predicted octanol–water partition coefficient (Wildman–Crippen LogP) is 1.64. The van der Waals surface area contributed by atoms with Crippen molar-refractivity contribution < 1.29 is 5.11 Å². The summed E-state index contributed by atoms with van der Waals surface area (Å²) in [5, 5.41) is 9.45. The Hall–Kier alpha value is -0.560. The second-order valence-electron chi connectivity index (χ2n) is 3.12. The molecule has 2 unspecified atom stereocenters. The van der Waals surface area contributed by atoms with Crippen molar-refractivity contribution in [3.63, 3.8) is 0 Å². The SMILES string of the molecule is OC1CCC2=CC=CCC21. The molecule has 1 fully saturated rings. The number of aliphatic hydroxyl groups is 1. The highest BCUT2D eigenvalue weighted by atomic mass is 16.3. The van der Waals surface area contributed by atoms with Gasteiger partial charge in [-0.05, 0) is 19.3 Å². The largest absolute Gasteiger partial charge is 0.392 e. The third-order valence-corrected chi connectivity index (χ3v) is 2.51. The van der Waals surface area contributed by atoms with Crippen LogP contribution >= 0.6 is 0 Å². The number of allylic oxidation sites excluding steroid dienone is 3. The molecule has 1 heteroatoms. The minimum atomic E-state index is -0.0591. The van der Waals surface area contributed by atoms with Crippen LogP contribution in [0.4, 0.5) is 0 Å². The molecule has 0 aromatic heterocycles. The molecule has 0 amide bonds. The summed E-state index contributed by atoms with van der Waals surface area (Å²) in [5.41, 5.74) is 1.45. The van der Waals surface area contributed by atoms with Crippen LogP contribution in [0, 0.1) is 5.92 Å². The highest BCUT2D eigenvalue weighted by Crippen LogP contribution is 2.35. The van der Waals surface area contributed by atoms with Crippen LogP contribution in [0.15, 0.2) is 23.8 Å². The van der Waals surface area contributed by atoms with Crippen molar-refractivity contribution in [1.82, 2.24) is 0 Å². The van der Waals surface area contributed by atoms with Crippen molar-refractivity contribution in [2.24, 2.45) is 5.92 Å². The Morgan fingerprint density at radius 3 is 3.20 bits per heavy atom. The van der Waals surface area contributed by atoms with Crippen LogP contribution in [0.3, 0.4) is 0 Å². The van der Waals surface area contributed by atoms with Crippen LogP contribution in [0.2, 0.25) is 0 Å². The molecule has 0 bridgehead atoms. The minimum absolute atomic E-state index is 0.0591. The summed E-state index contributed by atoms with van der Waals surface area (Å²) >= 11 is 0. The lowest BCUT2D eigenvalue weighted by molar-refractivity contribution is 0.142. The Balaban J connectivity index is 2.23. The van der Waals surface area contributed by atoms with Gasteiger partial charge in [0.05, 0.1) is 6.10 Å². The molecule has 2 aliphatic carbocycles. The normalized spacial score (nSPS) is 37.5. The lowest BCUT2D eigenvalue weighted by Gasteiger charge is -2.15. The maximum atomic E-state index is 9.45. The standard InChI is InChI=1S/C9H12O/c10-9-6-5-7-3-1-2-4-8(7)9/h1-3,8-10H,4-6H2.